The van der Waals surface area contributed by atoms with Gasteiger partial charge in [-0.1, -0.05) is 0 Å². The van der Waals surface area contributed by atoms with Gasteiger partial charge in [-0.15, -0.1) is 11.3 Å². The van der Waals surface area contributed by atoms with E-state index in [1.165, 1.54) is 4.88 Å². The van der Waals surface area contributed by atoms with E-state index in [1.54, 1.807) is 11.3 Å². The van der Waals surface area contributed by atoms with Crippen molar-refractivity contribution >= 4 is 28.3 Å². The minimum atomic E-state index is -0.565. The molecule has 3 heterocycles. The lowest BCUT2D eigenvalue weighted by molar-refractivity contribution is 0.0913. The van der Waals surface area contributed by atoms with Crippen LogP contribution in [0.2, 0.25) is 0 Å². The molecule has 1 amide bonds. The lowest BCUT2D eigenvalue weighted by atomic mass is 10.0. The quantitative estimate of drug-likeness (QED) is 0.630. The molecule has 7 heteroatoms. The van der Waals surface area contributed by atoms with Crippen LogP contribution < -0.4 is 5.32 Å². The number of nitrogens with zero attached hydrogens (tertiary/aromatic N) is 4. The van der Waals surface area contributed by atoms with Crippen molar-refractivity contribution in [1.29, 1.82) is 0 Å². The molecule has 1 N–H and O–H groups in total. The maximum atomic E-state index is 13.5. The second-order valence-electron chi connectivity index (χ2n) is 9.98. The van der Waals surface area contributed by atoms with Crippen LogP contribution in [0.15, 0.2) is 6.07 Å². The van der Waals surface area contributed by atoms with E-state index in [4.69, 9.17) is 10.1 Å². The molecule has 1 aliphatic rings. The highest BCUT2D eigenvalue weighted by Gasteiger charge is 2.33. The molecule has 0 atom stereocenters. The van der Waals surface area contributed by atoms with Gasteiger partial charge in [0.15, 0.2) is 5.65 Å². The van der Waals surface area contributed by atoms with Crippen molar-refractivity contribution in [2.75, 3.05) is 0 Å². The molecule has 6 nitrogen and oxygen atoms in total. The molecule has 160 valence electrons. The maximum Gasteiger partial charge on any atom is 0.252 e. The van der Waals surface area contributed by atoms with Crippen LogP contribution in [0.4, 0.5) is 0 Å². The van der Waals surface area contributed by atoms with E-state index in [2.05, 4.69) is 38.0 Å². The van der Waals surface area contributed by atoms with Crippen LogP contribution in [-0.4, -0.2) is 25.7 Å². The first-order chi connectivity index (χ1) is 13.9. The van der Waals surface area contributed by atoms with Gasteiger partial charge < -0.3 is 5.32 Å². The Kier molecular flexibility index (Phi) is 4.80. The number of carbonyl (C=O) groups is 1. The molecule has 0 spiro atoms. The Morgan fingerprint density at radius 2 is 1.77 bits per heavy atom. The van der Waals surface area contributed by atoms with Gasteiger partial charge in [0.1, 0.15) is 5.01 Å². The fourth-order valence-electron chi connectivity index (χ4n) is 3.69. The number of aromatic nitrogens is 4. The zero-order chi connectivity index (χ0) is 22.0. The summed E-state index contributed by atoms with van der Waals surface area (Å²) in [5.74, 6) is 0.346. The fourth-order valence-corrected chi connectivity index (χ4v) is 4.66. The summed E-state index contributed by atoms with van der Waals surface area (Å²) in [6, 6.07) is 1.98. The van der Waals surface area contributed by atoms with E-state index in [1.807, 2.05) is 38.4 Å². The minimum Gasteiger partial charge on any atom is -0.341 e. The second-order valence-corrected chi connectivity index (χ2v) is 11.2. The van der Waals surface area contributed by atoms with Crippen molar-refractivity contribution in [3.63, 3.8) is 0 Å². The van der Waals surface area contributed by atoms with Crippen LogP contribution >= 0.6 is 11.3 Å². The molecule has 0 bridgehead atoms. The predicted octanol–water partition coefficient (Wildman–Crippen LogP) is 5.11. The summed E-state index contributed by atoms with van der Waals surface area (Å²) in [7, 11) is 0. The fraction of sp³-hybridized carbons (Fsp3) is 0.565. The molecule has 3 aromatic rings. The van der Waals surface area contributed by atoms with E-state index in [0.717, 1.165) is 46.0 Å². The van der Waals surface area contributed by atoms with Crippen molar-refractivity contribution in [2.24, 2.45) is 0 Å². The van der Waals surface area contributed by atoms with E-state index in [-0.39, 0.29) is 11.4 Å². The van der Waals surface area contributed by atoms with Crippen LogP contribution in [0.1, 0.15) is 90.7 Å². The summed E-state index contributed by atoms with van der Waals surface area (Å²) in [6.07, 6.45) is 2.26. The van der Waals surface area contributed by atoms with Crippen LogP contribution in [0, 0.1) is 20.8 Å². The van der Waals surface area contributed by atoms with Gasteiger partial charge in [0, 0.05) is 16.5 Å². The van der Waals surface area contributed by atoms with Gasteiger partial charge in [-0.2, -0.15) is 5.10 Å². The zero-order valence-electron chi connectivity index (χ0n) is 19.2. The number of nitrogens with one attached hydrogen (secondary N) is 1. The molecule has 0 radical (unpaired) electrons. The van der Waals surface area contributed by atoms with Crippen molar-refractivity contribution < 1.29 is 4.79 Å². The van der Waals surface area contributed by atoms with E-state index in [9.17, 15) is 4.79 Å². The third-order valence-corrected chi connectivity index (χ3v) is 7.09. The Balaban J connectivity index is 1.81. The van der Waals surface area contributed by atoms with Gasteiger partial charge in [0.25, 0.3) is 5.91 Å². The first-order valence-electron chi connectivity index (χ1n) is 10.6. The minimum absolute atomic E-state index is 0.101. The van der Waals surface area contributed by atoms with E-state index in [0.29, 0.717) is 11.5 Å². The Morgan fingerprint density at radius 1 is 1.10 bits per heavy atom. The topological polar surface area (TPSA) is 72.7 Å². The van der Waals surface area contributed by atoms with Gasteiger partial charge in [0.2, 0.25) is 0 Å². The molecule has 1 fully saturated rings. The smallest absolute Gasteiger partial charge is 0.252 e. The number of pyridine rings is 1. The first-order valence-corrected chi connectivity index (χ1v) is 11.4. The standard InChI is InChI=1S/C23H31N5OS/c1-12-14(3)30-21(24-12)23(7,8)26-20(29)16-11-17(15-9-10-15)25-19-18(16)13(2)27-28(19)22(4,5)6/h11,15H,9-10H2,1-8H3,(H,26,29). The third kappa shape index (κ3) is 3.64. The summed E-state index contributed by atoms with van der Waals surface area (Å²) < 4.78 is 1.96. The summed E-state index contributed by atoms with van der Waals surface area (Å²) >= 11 is 1.64. The first kappa shape index (κ1) is 21.0. The van der Waals surface area contributed by atoms with Crippen molar-refractivity contribution in [3.8, 4) is 0 Å². The number of hydrogen-bond acceptors (Lipinski definition) is 5. The lowest BCUT2D eigenvalue weighted by Crippen LogP contribution is -2.41. The molecule has 0 saturated heterocycles. The van der Waals surface area contributed by atoms with Crippen molar-refractivity contribution in [2.45, 2.75) is 85.2 Å². The van der Waals surface area contributed by atoms with Crippen molar-refractivity contribution in [1.82, 2.24) is 25.1 Å². The van der Waals surface area contributed by atoms with Gasteiger partial charge >= 0.3 is 0 Å². The number of amides is 1. The van der Waals surface area contributed by atoms with Gasteiger partial charge in [-0.25, -0.2) is 14.6 Å². The Bertz CT molecular complexity index is 1130. The molecule has 30 heavy (non-hydrogen) atoms. The number of aryl methyl sites for hydroxylation is 3. The monoisotopic (exact) mass is 425 g/mol. The van der Waals surface area contributed by atoms with Crippen LogP contribution in [0.3, 0.4) is 0 Å². The van der Waals surface area contributed by atoms with Gasteiger partial charge in [-0.05, 0) is 74.3 Å². The maximum absolute atomic E-state index is 13.5. The normalized spacial score (nSPS) is 15.1. The number of thiazole rings is 1. The molecule has 0 unspecified atom stereocenters. The highest BCUT2D eigenvalue weighted by Crippen LogP contribution is 2.41. The summed E-state index contributed by atoms with van der Waals surface area (Å²) in [4.78, 5) is 24.3. The third-order valence-electron chi connectivity index (χ3n) is 5.70. The molecule has 0 aliphatic heterocycles. The Morgan fingerprint density at radius 3 is 2.30 bits per heavy atom. The number of carbonyl (C=O) groups excluding carboxylic acids is 1. The Hall–Kier alpha value is -2.28. The Labute approximate surface area is 182 Å². The molecule has 3 aromatic heterocycles. The van der Waals surface area contributed by atoms with Gasteiger partial charge in [0.05, 0.1) is 33.4 Å². The zero-order valence-corrected chi connectivity index (χ0v) is 20.0. The van der Waals surface area contributed by atoms with E-state index >= 15 is 0 Å². The predicted molar refractivity (Wildman–Crippen MR) is 121 cm³/mol. The molecule has 4 rings (SSSR count). The highest BCUT2D eigenvalue weighted by atomic mass is 32.1. The summed E-state index contributed by atoms with van der Waals surface area (Å²) in [6.45, 7) is 16.4. The average molecular weight is 426 g/mol. The largest absolute Gasteiger partial charge is 0.341 e. The number of fused-ring (bicyclic) bond motifs is 1. The molecular formula is C23H31N5OS. The number of rotatable bonds is 4. The molecular weight excluding hydrogens is 394 g/mol. The summed E-state index contributed by atoms with van der Waals surface area (Å²) in [5.41, 5.74) is 3.52. The van der Waals surface area contributed by atoms with Crippen LogP contribution in [0.25, 0.3) is 11.0 Å². The highest BCUT2D eigenvalue weighted by molar-refractivity contribution is 7.11. The molecule has 1 saturated carbocycles. The van der Waals surface area contributed by atoms with Crippen molar-refractivity contribution in [3.05, 3.63) is 38.6 Å². The molecule has 0 aromatic carbocycles. The number of hydrogen-bond donors (Lipinski definition) is 1. The summed E-state index contributed by atoms with van der Waals surface area (Å²) in [5, 5.41) is 9.74. The SMILES string of the molecule is Cc1nc(C(C)(C)NC(=O)c2cc(C3CC3)nc3c2c(C)nn3C(C)(C)C)sc1C. The van der Waals surface area contributed by atoms with E-state index < -0.39 is 5.54 Å². The molecule has 1 aliphatic carbocycles. The van der Waals surface area contributed by atoms with Crippen LogP contribution in [-0.2, 0) is 11.1 Å². The second kappa shape index (κ2) is 6.87. The lowest BCUT2D eigenvalue weighted by Gasteiger charge is -2.24. The van der Waals surface area contributed by atoms with Gasteiger partial charge in [-0.3, -0.25) is 4.79 Å². The van der Waals surface area contributed by atoms with Crippen LogP contribution in [0.5, 0.6) is 0 Å². The average Bonchev–Trinajstić information content (AvgIpc) is 3.35.